The third kappa shape index (κ3) is 5.34. The minimum absolute atomic E-state index is 0.0894. The molecular weight excluding hydrogens is 363 g/mol. The number of aromatic nitrogens is 1. The number of nitrogens with zero attached hydrogens (tertiary/aromatic N) is 1. The maximum atomic E-state index is 13.5. The van der Waals surface area contributed by atoms with Gasteiger partial charge in [-0.1, -0.05) is 18.2 Å². The van der Waals surface area contributed by atoms with E-state index in [-0.39, 0.29) is 17.7 Å². The van der Waals surface area contributed by atoms with Gasteiger partial charge in [0.05, 0.1) is 22.7 Å². The first-order chi connectivity index (χ1) is 10.7. The zero-order valence-corrected chi connectivity index (χ0v) is 14.6. The van der Waals surface area contributed by atoms with Gasteiger partial charge in [-0.05, 0) is 19.4 Å². The number of halogens is 1. The number of rotatable bonds is 7. The molecule has 0 aliphatic heterocycles. The van der Waals surface area contributed by atoms with Gasteiger partial charge in [0, 0.05) is 10.4 Å². The van der Waals surface area contributed by atoms with Gasteiger partial charge in [0.15, 0.2) is 0 Å². The number of nitrogens with one attached hydrogen (secondary N) is 1. The normalized spacial score (nSPS) is 12.4. The molecule has 0 bridgehead atoms. The van der Waals surface area contributed by atoms with Gasteiger partial charge >= 0.3 is 0 Å². The van der Waals surface area contributed by atoms with Crippen LogP contribution in [0.2, 0.25) is 0 Å². The van der Waals surface area contributed by atoms with E-state index < -0.39 is 31.6 Å². The molecule has 1 aromatic heterocycles. The Kier molecular flexibility index (Phi) is 5.50. The third-order valence-electron chi connectivity index (χ3n) is 3.00. The monoisotopic (exact) mass is 378 g/mol. The molecule has 23 heavy (non-hydrogen) atoms. The highest BCUT2D eigenvalue weighted by atomic mass is 32.3. The average molecular weight is 378 g/mol. The summed E-state index contributed by atoms with van der Waals surface area (Å²) in [5, 5.41) is 0. The highest BCUT2D eigenvalue weighted by molar-refractivity contribution is 8.04. The van der Waals surface area contributed by atoms with E-state index in [0.717, 1.165) is 16.6 Å². The van der Waals surface area contributed by atoms with Gasteiger partial charge in [-0.25, -0.2) is 26.2 Å². The lowest BCUT2D eigenvalue weighted by Gasteiger charge is -2.08. The predicted octanol–water partition coefficient (Wildman–Crippen LogP) is 1.58. The van der Waals surface area contributed by atoms with Crippen molar-refractivity contribution < 1.29 is 21.2 Å². The van der Waals surface area contributed by atoms with Crippen LogP contribution in [0.5, 0.6) is 0 Å². The number of hydrogen-bond acceptors (Lipinski definition) is 6. The number of benzene rings is 1. The van der Waals surface area contributed by atoms with Gasteiger partial charge in [0.2, 0.25) is 20.0 Å². The van der Waals surface area contributed by atoms with Crippen LogP contribution in [0.1, 0.15) is 16.1 Å². The smallest absolute Gasteiger partial charge is 0.228 e. The van der Waals surface area contributed by atoms with Crippen molar-refractivity contribution in [1.82, 2.24) is 9.11 Å². The molecular formula is C13H15FN2O4S3. The van der Waals surface area contributed by atoms with Crippen LogP contribution in [-0.2, 0) is 32.2 Å². The van der Waals surface area contributed by atoms with Crippen molar-refractivity contribution in [2.75, 3.05) is 5.75 Å². The van der Waals surface area contributed by atoms with Crippen molar-refractivity contribution in [2.45, 2.75) is 19.1 Å². The molecule has 6 nitrogen and oxygen atoms in total. The summed E-state index contributed by atoms with van der Waals surface area (Å²) < 4.78 is 62.9. The summed E-state index contributed by atoms with van der Waals surface area (Å²) in [5.41, 5.74) is 2.23. The van der Waals surface area contributed by atoms with E-state index >= 15 is 0 Å². The molecule has 126 valence electrons. The van der Waals surface area contributed by atoms with Crippen LogP contribution in [0.15, 0.2) is 29.8 Å². The van der Waals surface area contributed by atoms with E-state index in [1.165, 1.54) is 29.5 Å². The Balaban J connectivity index is 2.04. The second kappa shape index (κ2) is 7.04. The molecule has 1 heterocycles. The lowest BCUT2D eigenvalue weighted by Crippen LogP contribution is -2.34. The number of sulfonamides is 2. The molecule has 0 saturated carbocycles. The summed E-state index contributed by atoms with van der Waals surface area (Å²) in [6, 6.07) is 5.32. The Labute approximate surface area is 138 Å². The Hall–Kier alpha value is -1.36. The molecule has 10 heteroatoms. The van der Waals surface area contributed by atoms with E-state index in [2.05, 4.69) is 4.98 Å². The molecule has 2 rings (SSSR count). The fourth-order valence-electron chi connectivity index (χ4n) is 1.88. The van der Waals surface area contributed by atoms with Crippen LogP contribution in [0.3, 0.4) is 0 Å². The van der Waals surface area contributed by atoms with Gasteiger partial charge in [-0.2, -0.15) is 0 Å². The van der Waals surface area contributed by atoms with Crippen molar-refractivity contribution >= 4 is 31.4 Å². The molecule has 0 atom stereocenters. The topological polar surface area (TPSA) is 93.2 Å². The first-order valence-electron chi connectivity index (χ1n) is 6.55. The van der Waals surface area contributed by atoms with Gasteiger partial charge in [0.25, 0.3) is 0 Å². The van der Waals surface area contributed by atoms with Crippen molar-refractivity contribution in [3.63, 3.8) is 0 Å². The quantitative estimate of drug-likeness (QED) is 0.790. The fraction of sp³-hybridized carbons (Fsp3) is 0.308. The number of thiazole rings is 1. The van der Waals surface area contributed by atoms with Crippen molar-refractivity contribution in [3.8, 4) is 0 Å². The Bertz CT molecular complexity index is 891. The summed E-state index contributed by atoms with van der Waals surface area (Å²) >= 11 is 1.31. The van der Waals surface area contributed by atoms with E-state index in [4.69, 9.17) is 0 Å². The summed E-state index contributed by atoms with van der Waals surface area (Å²) in [5.74, 6) is -1.82. The molecule has 0 unspecified atom stereocenters. The number of aryl methyl sites for hydroxylation is 2. The third-order valence-corrected chi connectivity index (χ3v) is 7.46. The molecule has 2 aromatic rings. The fourth-order valence-corrected chi connectivity index (χ4v) is 6.02. The van der Waals surface area contributed by atoms with Crippen LogP contribution >= 0.6 is 11.3 Å². The summed E-state index contributed by atoms with van der Waals surface area (Å²) in [4.78, 5) is 4.78. The zero-order valence-electron chi connectivity index (χ0n) is 12.2. The molecule has 0 saturated heterocycles. The second-order valence-corrected chi connectivity index (χ2v) is 9.63. The predicted molar refractivity (Wildman–Crippen MR) is 86.5 cm³/mol. The average Bonchev–Trinajstić information content (AvgIpc) is 2.83. The van der Waals surface area contributed by atoms with Gasteiger partial charge < -0.3 is 0 Å². The Morgan fingerprint density at radius 1 is 1.17 bits per heavy atom. The summed E-state index contributed by atoms with van der Waals surface area (Å²) in [6.07, 6.45) is 0.168. The van der Waals surface area contributed by atoms with Crippen LogP contribution in [0.25, 0.3) is 0 Å². The van der Waals surface area contributed by atoms with E-state index in [9.17, 15) is 21.2 Å². The maximum absolute atomic E-state index is 13.5. The van der Waals surface area contributed by atoms with Crippen molar-refractivity contribution in [3.05, 3.63) is 51.7 Å². The van der Waals surface area contributed by atoms with Crippen molar-refractivity contribution in [2.24, 2.45) is 0 Å². The molecule has 0 fully saturated rings. The largest absolute Gasteiger partial charge is 0.250 e. The zero-order chi connectivity index (χ0) is 17.1. The van der Waals surface area contributed by atoms with E-state index in [0.29, 0.717) is 0 Å². The van der Waals surface area contributed by atoms with Crippen LogP contribution in [-0.4, -0.2) is 27.6 Å². The van der Waals surface area contributed by atoms with Crippen LogP contribution in [0.4, 0.5) is 4.39 Å². The minimum Gasteiger partial charge on any atom is -0.250 e. The second-order valence-electron chi connectivity index (χ2n) is 4.86. The molecule has 0 aliphatic carbocycles. The lowest BCUT2D eigenvalue weighted by molar-refractivity contribution is 0.572. The van der Waals surface area contributed by atoms with Gasteiger partial charge in [0.1, 0.15) is 5.82 Å². The number of hydrogen-bond donors (Lipinski definition) is 1. The Morgan fingerprint density at radius 3 is 2.48 bits per heavy atom. The van der Waals surface area contributed by atoms with Gasteiger partial charge in [-0.15, -0.1) is 15.5 Å². The summed E-state index contributed by atoms with van der Waals surface area (Å²) in [7, 11) is -8.25. The first-order valence-corrected chi connectivity index (χ1v) is 10.7. The molecule has 0 radical (unpaired) electrons. The highest BCUT2D eigenvalue weighted by Crippen LogP contribution is 2.14. The summed E-state index contributed by atoms with van der Waals surface area (Å²) in [6.45, 7) is 1.75. The highest BCUT2D eigenvalue weighted by Gasteiger charge is 2.22. The SMILES string of the molecule is Cc1ncsc1CCS(=O)(=O)NS(=O)(=O)Cc1ccccc1F. The van der Waals surface area contributed by atoms with Gasteiger partial charge in [-0.3, -0.25) is 0 Å². The molecule has 0 aliphatic rings. The standard InChI is InChI=1S/C13H15FN2O4S3/c1-10-13(21-9-15-10)6-7-22(17,18)16-23(19,20)8-11-4-2-3-5-12(11)14/h2-5,9,16H,6-8H2,1H3. The molecule has 1 aromatic carbocycles. The lowest BCUT2D eigenvalue weighted by atomic mass is 10.2. The molecule has 0 amide bonds. The van der Waals surface area contributed by atoms with Crippen molar-refractivity contribution in [1.29, 1.82) is 0 Å². The molecule has 1 N–H and O–H groups in total. The Morgan fingerprint density at radius 2 is 1.87 bits per heavy atom. The van der Waals surface area contributed by atoms with Crippen LogP contribution < -0.4 is 4.13 Å². The molecule has 0 spiro atoms. The van der Waals surface area contributed by atoms with E-state index in [1.54, 1.807) is 16.6 Å². The van der Waals surface area contributed by atoms with Crippen LogP contribution in [0, 0.1) is 12.7 Å². The van der Waals surface area contributed by atoms with E-state index in [1.807, 2.05) is 0 Å². The maximum Gasteiger partial charge on any atom is 0.228 e. The minimum atomic E-state index is -4.21. The first kappa shape index (κ1) is 18.0.